The first-order chi connectivity index (χ1) is 7.58. The van der Waals surface area contributed by atoms with E-state index in [4.69, 9.17) is 0 Å². The van der Waals surface area contributed by atoms with Crippen LogP contribution < -0.4 is 10.4 Å². The molecule has 0 unspecified atom stereocenters. The molecule has 1 aliphatic heterocycles. The maximum Gasteiger partial charge on any atom is 0.244 e. The number of amides is 1. The second kappa shape index (κ2) is 4.51. The number of nitrogens with one attached hydrogen (secondary N) is 1. The molecule has 5 heteroatoms. The molecule has 16 heavy (non-hydrogen) atoms. The van der Waals surface area contributed by atoms with Crippen LogP contribution in [0, 0.1) is 5.92 Å². The number of hydrazine groups is 1. The Hall–Kier alpha value is -0.940. The molecule has 1 aromatic rings. The number of hydrogen-bond acceptors (Lipinski definition) is 3. The molecule has 1 N–H and O–H groups in total. The Morgan fingerprint density at radius 3 is 2.81 bits per heavy atom. The number of nitrogens with zero attached hydrogens (tertiary/aromatic N) is 2. The van der Waals surface area contributed by atoms with Gasteiger partial charge < -0.3 is 0 Å². The first-order valence-corrected chi connectivity index (χ1v) is 6.08. The highest BCUT2D eigenvalue weighted by molar-refractivity contribution is 9.10. The van der Waals surface area contributed by atoms with Gasteiger partial charge in [-0.2, -0.15) is 0 Å². The van der Waals surface area contributed by atoms with Crippen LogP contribution in [0.5, 0.6) is 0 Å². The van der Waals surface area contributed by atoms with Crippen molar-refractivity contribution in [2.24, 2.45) is 5.92 Å². The molecule has 1 saturated heterocycles. The minimum absolute atomic E-state index is 0.0773. The van der Waals surface area contributed by atoms with Gasteiger partial charge in [0.25, 0.3) is 0 Å². The maximum atomic E-state index is 11.8. The molecule has 1 aromatic heterocycles. The molecule has 2 rings (SSSR count). The topological polar surface area (TPSA) is 45.2 Å². The summed E-state index contributed by atoms with van der Waals surface area (Å²) in [5.74, 6) is 1.16. The summed E-state index contributed by atoms with van der Waals surface area (Å²) in [5, 5.41) is 1.54. The highest BCUT2D eigenvalue weighted by Crippen LogP contribution is 2.21. The van der Waals surface area contributed by atoms with Crippen LogP contribution in [0.25, 0.3) is 0 Å². The zero-order chi connectivity index (χ0) is 11.7. The maximum absolute atomic E-state index is 11.8. The monoisotopic (exact) mass is 283 g/mol. The van der Waals surface area contributed by atoms with Gasteiger partial charge in [0.2, 0.25) is 5.91 Å². The van der Waals surface area contributed by atoms with Crippen molar-refractivity contribution in [2.75, 3.05) is 5.01 Å². The van der Waals surface area contributed by atoms with Crippen LogP contribution >= 0.6 is 15.9 Å². The molecule has 2 heterocycles. The first kappa shape index (κ1) is 11.5. The number of hydrogen-bond donors (Lipinski definition) is 1. The van der Waals surface area contributed by atoms with Crippen molar-refractivity contribution in [3.8, 4) is 0 Å². The molecular weight excluding hydrogens is 270 g/mol. The zero-order valence-corrected chi connectivity index (χ0v) is 10.9. The van der Waals surface area contributed by atoms with Gasteiger partial charge in [-0.3, -0.25) is 4.79 Å². The third-order valence-electron chi connectivity index (χ3n) is 2.68. The number of aromatic nitrogens is 1. The Labute approximate surface area is 103 Å². The van der Waals surface area contributed by atoms with Gasteiger partial charge in [0.15, 0.2) is 0 Å². The molecule has 0 bridgehead atoms. The lowest BCUT2D eigenvalue weighted by molar-refractivity contribution is -0.117. The van der Waals surface area contributed by atoms with Crippen molar-refractivity contribution in [1.82, 2.24) is 10.4 Å². The van der Waals surface area contributed by atoms with E-state index in [2.05, 4.69) is 40.2 Å². The molecule has 1 atom stereocenters. The van der Waals surface area contributed by atoms with Gasteiger partial charge in [0.05, 0.1) is 0 Å². The van der Waals surface area contributed by atoms with E-state index in [-0.39, 0.29) is 11.9 Å². The minimum Gasteiger partial charge on any atom is -0.273 e. The highest BCUT2D eigenvalue weighted by Gasteiger charge is 2.32. The quantitative estimate of drug-likeness (QED) is 0.904. The Morgan fingerprint density at radius 2 is 2.31 bits per heavy atom. The van der Waals surface area contributed by atoms with Crippen LogP contribution in [-0.4, -0.2) is 16.9 Å². The van der Waals surface area contributed by atoms with Crippen LogP contribution in [0.1, 0.15) is 20.3 Å². The van der Waals surface area contributed by atoms with Crippen LogP contribution in [0.3, 0.4) is 0 Å². The van der Waals surface area contributed by atoms with E-state index in [0.29, 0.717) is 18.2 Å². The van der Waals surface area contributed by atoms with Gasteiger partial charge in [-0.05, 0) is 34.0 Å². The van der Waals surface area contributed by atoms with Crippen LogP contribution in [0.4, 0.5) is 5.82 Å². The Balaban J connectivity index is 2.16. The van der Waals surface area contributed by atoms with Gasteiger partial charge >= 0.3 is 0 Å². The van der Waals surface area contributed by atoms with Crippen molar-refractivity contribution in [3.05, 3.63) is 22.8 Å². The molecule has 0 spiro atoms. The average Bonchev–Trinajstić information content (AvgIpc) is 2.62. The molecule has 1 fully saturated rings. The van der Waals surface area contributed by atoms with Gasteiger partial charge in [-0.1, -0.05) is 13.8 Å². The van der Waals surface area contributed by atoms with E-state index < -0.39 is 0 Å². The fourth-order valence-electron chi connectivity index (χ4n) is 1.64. The van der Waals surface area contributed by atoms with Crippen molar-refractivity contribution >= 4 is 27.7 Å². The van der Waals surface area contributed by atoms with Crippen molar-refractivity contribution < 1.29 is 4.79 Å². The Morgan fingerprint density at radius 1 is 1.56 bits per heavy atom. The normalized spacial score (nSPS) is 20.9. The van der Waals surface area contributed by atoms with E-state index in [1.165, 1.54) is 5.01 Å². The lowest BCUT2D eigenvalue weighted by Gasteiger charge is -2.18. The summed E-state index contributed by atoms with van der Waals surface area (Å²) in [6.45, 7) is 4.20. The smallest absolute Gasteiger partial charge is 0.244 e. The van der Waals surface area contributed by atoms with E-state index in [0.717, 1.165) is 4.47 Å². The summed E-state index contributed by atoms with van der Waals surface area (Å²) in [6.07, 6.45) is 2.22. The number of pyridine rings is 1. The van der Waals surface area contributed by atoms with E-state index in [1.54, 1.807) is 6.20 Å². The number of halogens is 1. The average molecular weight is 284 g/mol. The predicted molar refractivity (Wildman–Crippen MR) is 65.8 cm³/mol. The fourth-order valence-corrected chi connectivity index (χ4v) is 1.88. The SMILES string of the molecule is CC(C)[C@@H]1CC(=O)N(c2ccc(Br)cn2)N1. The van der Waals surface area contributed by atoms with E-state index in [1.807, 2.05) is 12.1 Å². The summed E-state index contributed by atoms with van der Waals surface area (Å²) < 4.78 is 0.906. The number of anilines is 1. The summed E-state index contributed by atoms with van der Waals surface area (Å²) >= 11 is 3.32. The fraction of sp³-hybridized carbons (Fsp3) is 0.455. The van der Waals surface area contributed by atoms with E-state index >= 15 is 0 Å². The second-order valence-corrected chi connectivity index (χ2v) is 5.16. The Kier molecular flexibility index (Phi) is 3.25. The summed E-state index contributed by atoms with van der Waals surface area (Å²) in [5.41, 5.74) is 3.18. The van der Waals surface area contributed by atoms with Crippen molar-refractivity contribution in [3.63, 3.8) is 0 Å². The molecule has 0 radical (unpaired) electrons. The first-order valence-electron chi connectivity index (χ1n) is 5.28. The van der Waals surface area contributed by atoms with Crippen LogP contribution in [-0.2, 0) is 4.79 Å². The molecule has 1 amide bonds. The second-order valence-electron chi connectivity index (χ2n) is 4.25. The molecule has 86 valence electrons. The lowest BCUT2D eigenvalue weighted by Crippen LogP contribution is -2.39. The molecule has 0 aromatic carbocycles. The van der Waals surface area contributed by atoms with Gasteiger partial charge in [-0.25, -0.2) is 15.4 Å². The van der Waals surface area contributed by atoms with Gasteiger partial charge in [0.1, 0.15) is 5.82 Å². The molecular formula is C11H14BrN3O. The van der Waals surface area contributed by atoms with Crippen molar-refractivity contribution in [1.29, 1.82) is 0 Å². The molecule has 0 aliphatic carbocycles. The predicted octanol–water partition coefficient (Wildman–Crippen LogP) is 2.11. The number of rotatable bonds is 2. The highest BCUT2D eigenvalue weighted by atomic mass is 79.9. The van der Waals surface area contributed by atoms with Gasteiger partial charge in [0, 0.05) is 23.1 Å². The van der Waals surface area contributed by atoms with Crippen LogP contribution in [0.15, 0.2) is 22.8 Å². The minimum atomic E-state index is 0.0773. The lowest BCUT2D eigenvalue weighted by atomic mass is 10.0. The van der Waals surface area contributed by atoms with Crippen molar-refractivity contribution in [2.45, 2.75) is 26.3 Å². The summed E-state index contributed by atoms with van der Waals surface area (Å²) in [4.78, 5) is 16.0. The number of carbonyl (C=O) groups excluding carboxylic acids is 1. The number of carbonyl (C=O) groups is 1. The standard InChI is InChI=1S/C11H14BrN3O/c1-7(2)9-5-11(16)15(14-9)10-4-3-8(12)6-13-10/h3-4,6-7,9,14H,5H2,1-2H3/t9-/m0/s1. The summed E-state index contributed by atoms with van der Waals surface area (Å²) in [7, 11) is 0. The summed E-state index contributed by atoms with van der Waals surface area (Å²) in [6, 6.07) is 3.90. The third kappa shape index (κ3) is 2.25. The van der Waals surface area contributed by atoms with E-state index in [9.17, 15) is 4.79 Å². The molecule has 1 aliphatic rings. The largest absolute Gasteiger partial charge is 0.273 e. The van der Waals surface area contributed by atoms with Gasteiger partial charge in [-0.15, -0.1) is 0 Å². The molecule has 4 nitrogen and oxygen atoms in total. The Bertz CT molecular complexity index is 391. The zero-order valence-electron chi connectivity index (χ0n) is 9.27. The van der Waals surface area contributed by atoms with Crippen LogP contribution in [0.2, 0.25) is 0 Å². The molecule has 0 saturated carbocycles. The third-order valence-corrected chi connectivity index (χ3v) is 3.15.